The number of fused-ring (bicyclic) bond motifs is 3. The minimum Gasteiger partial charge on any atom is -0.477 e. The van der Waals surface area contributed by atoms with Crippen molar-refractivity contribution in [3.8, 4) is 21.7 Å². The first-order valence-electron chi connectivity index (χ1n) is 10.9. The standard InChI is InChI=1S/C27H22N2O4S/c1-16-24(26(30)31)34-25(29-16)18-8-6-7-17(13-18)14-28-27(32)33-15-23-21-11-4-2-9-19(21)20-10-3-5-12-22(20)23/h2-13,23H,14-15H2,1H3,(H,28,32)(H,30,31). The van der Waals surface area contributed by atoms with Gasteiger partial charge in [-0.3, -0.25) is 0 Å². The molecule has 0 bridgehead atoms. The summed E-state index contributed by atoms with van der Waals surface area (Å²) in [6.07, 6.45) is -0.481. The molecule has 1 heterocycles. The van der Waals surface area contributed by atoms with Crippen LogP contribution in [0.25, 0.3) is 21.7 Å². The van der Waals surface area contributed by atoms with Gasteiger partial charge in [0.2, 0.25) is 0 Å². The van der Waals surface area contributed by atoms with Crippen molar-refractivity contribution in [1.82, 2.24) is 10.3 Å². The van der Waals surface area contributed by atoms with Gasteiger partial charge in [-0.15, -0.1) is 11.3 Å². The molecule has 4 aromatic rings. The maximum absolute atomic E-state index is 12.5. The summed E-state index contributed by atoms with van der Waals surface area (Å²) < 4.78 is 5.60. The average molecular weight is 471 g/mol. The Balaban J connectivity index is 1.23. The molecule has 0 radical (unpaired) electrons. The normalized spacial score (nSPS) is 12.1. The number of aromatic nitrogens is 1. The Morgan fingerprint density at radius 3 is 2.32 bits per heavy atom. The number of hydrogen-bond donors (Lipinski definition) is 2. The number of carbonyl (C=O) groups is 2. The van der Waals surface area contributed by atoms with Gasteiger partial charge in [-0.05, 0) is 40.8 Å². The van der Waals surface area contributed by atoms with Crippen LogP contribution in [0.4, 0.5) is 4.79 Å². The van der Waals surface area contributed by atoms with Gasteiger partial charge in [-0.25, -0.2) is 14.6 Å². The third kappa shape index (κ3) is 4.18. The number of aromatic carboxylic acids is 1. The van der Waals surface area contributed by atoms with Crippen LogP contribution >= 0.6 is 11.3 Å². The zero-order valence-corrected chi connectivity index (χ0v) is 19.3. The summed E-state index contributed by atoms with van der Waals surface area (Å²) >= 11 is 1.14. The third-order valence-corrected chi connectivity index (χ3v) is 7.14. The van der Waals surface area contributed by atoms with Gasteiger partial charge in [-0.1, -0.05) is 66.7 Å². The number of carbonyl (C=O) groups excluding carboxylic acids is 1. The summed E-state index contributed by atoms with van der Waals surface area (Å²) in [7, 11) is 0. The van der Waals surface area contributed by atoms with E-state index in [-0.39, 0.29) is 17.4 Å². The first-order chi connectivity index (χ1) is 16.5. The summed E-state index contributed by atoms with van der Waals surface area (Å²) in [5, 5.41) is 12.7. The minimum atomic E-state index is -0.977. The highest BCUT2D eigenvalue weighted by molar-refractivity contribution is 7.17. The predicted octanol–water partition coefficient (Wildman–Crippen LogP) is 5.86. The van der Waals surface area contributed by atoms with Crippen LogP contribution in [0, 0.1) is 6.92 Å². The highest BCUT2D eigenvalue weighted by Gasteiger charge is 2.29. The van der Waals surface area contributed by atoms with E-state index in [1.54, 1.807) is 6.92 Å². The highest BCUT2D eigenvalue weighted by atomic mass is 32.1. The monoisotopic (exact) mass is 470 g/mol. The lowest BCUT2D eigenvalue weighted by molar-refractivity contribution is 0.0701. The van der Waals surface area contributed by atoms with Crippen molar-refractivity contribution in [2.45, 2.75) is 19.4 Å². The van der Waals surface area contributed by atoms with E-state index >= 15 is 0 Å². The molecule has 0 aliphatic heterocycles. The van der Waals surface area contributed by atoms with Crippen LogP contribution in [0.1, 0.15) is 38.0 Å². The maximum Gasteiger partial charge on any atom is 0.407 e. The second kappa shape index (κ2) is 9.11. The lowest BCUT2D eigenvalue weighted by Crippen LogP contribution is -2.25. The van der Waals surface area contributed by atoms with Crippen LogP contribution < -0.4 is 5.32 Å². The van der Waals surface area contributed by atoms with E-state index < -0.39 is 12.1 Å². The van der Waals surface area contributed by atoms with Crippen LogP contribution in [-0.4, -0.2) is 28.8 Å². The Morgan fingerprint density at radius 1 is 1.00 bits per heavy atom. The fourth-order valence-corrected chi connectivity index (χ4v) is 5.26. The number of amides is 1. The third-order valence-electron chi connectivity index (χ3n) is 5.95. The molecule has 5 rings (SSSR count). The summed E-state index contributed by atoms with van der Waals surface area (Å²) in [4.78, 5) is 28.4. The number of rotatable bonds is 6. The van der Waals surface area contributed by atoms with Crippen molar-refractivity contribution in [2.24, 2.45) is 0 Å². The largest absolute Gasteiger partial charge is 0.477 e. The second-order valence-corrected chi connectivity index (χ2v) is 9.12. The van der Waals surface area contributed by atoms with Crippen molar-refractivity contribution in [2.75, 3.05) is 6.61 Å². The number of alkyl carbamates (subject to hydrolysis) is 1. The molecular weight excluding hydrogens is 448 g/mol. The second-order valence-electron chi connectivity index (χ2n) is 8.12. The van der Waals surface area contributed by atoms with Crippen molar-refractivity contribution in [3.05, 3.63) is 100 Å². The number of benzene rings is 3. The molecule has 0 unspecified atom stereocenters. The van der Waals surface area contributed by atoms with Gasteiger partial charge in [0, 0.05) is 18.0 Å². The minimum absolute atomic E-state index is 0.0121. The Kier molecular flexibility index (Phi) is 5.86. The fraction of sp³-hybridized carbons (Fsp3) is 0.148. The van der Waals surface area contributed by atoms with Crippen LogP contribution in [-0.2, 0) is 11.3 Å². The summed E-state index contributed by atoms with van der Waals surface area (Å²) in [6, 6.07) is 24.0. The molecule has 170 valence electrons. The molecule has 0 saturated heterocycles. The molecule has 1 aliphatic rings. The zero-order chi connectivity index (χ0) is 23.7. The van der Waals surface area contributed by atoms with Crippen molar-refractivity contribution >= 4 is 23.4 Å². The maximum atomic E-state index is 12.5. The first-order valence-corrected chi connectivity index (χ1v) is 11.7. The number of ether oxygens (including phenoxy) is 1. The summed E-state index contributed by atoms with van der Waals surface area (Å²) in [5.41, 5.74) is 6.89. The number of thiazole rings is 1. The molecule has 0 saturated carbocycles. The zero-order valence-electron chi connectivity index (χ0n) is 18.4. The fourth-order valence-electron chi connectivity index (χ4n) is 4.36. The SMILES string of the molecule is Cc1nc(-c2cccc(CNC(=O)OCC3c4ccccc4-c4ccccc43)c2)sc1C(=O)O. The van der Waals surface area contributed by atoms with E-state index in [9.17, 15) is 14.7 Å². The molecule has 1 aromatic heterocycles. The van der Waals surface area contributed by atoms with Crippen LogP contribution in [0.2, 0.25) is 0 Å². The van der Waals surface area contributed by atoms with Crippen molar-refractivity contribution in [1.29, 1.82) is 0 Å². The van der Waals surface area contributed by atoms with Crippen LogP contribution in [0.5, 0.6) is 0 Å². The van der Waals surface area contributed by atoms with Gasteiger partial charge in [0.15, 0.2) is 0 Å². The van der Waals surface area contributed by atoms with Crippen LogP contribution in [0.3, 0.4) is 0 Å². The molecular formula is C27H22N2O4S. The van der Waals surface area contributed by atoms with E-state index in [1.807, 2.05) is 48.5 Å². The molecule has 2 N–H and O–H groups in total. The van der Waals surface area contributed by atoms with Crippen molar-refractivity contribution in [3.63, 3.8) is 0 Å². The van der Waals surface area contributed by atoms with E-state index in [2.05, 4.69) is 34.6 Å². The van der Waals surface area contributed by atoms with Gasteiger partial charge in [0.25, 0.3) is 0 Å². The smallest absolute Gasteiger partial charge is 0.407 e. The molecule has 6 nitrogen and oxygen atoms in total. The Bertz CT molecular complexity index is 1350. The molecule has 3 aromatic carbocycles. The average Bonchev–Trinajstić information content (AvgIpc) is 3.40. The van der Waals surface area contributed by atoms with E-state index in [4.69, 9.17) is 4.74 Å². The lowest BCUT2D eigenvalue weighted by atomic mass is 9.98. The van der Waals surface area contributed by atoms with Gasteiger partial charge in [0.1, 0.15) is 16.5 Å². The van der Waals surface area contributed by atoms with E-state index in [0.29, 0.717) is 17.2 Å². The lowest BCUT2D eigenvalue weighted by Gasteiger charge is -2.14. The predicted molar refractivity (Wildman–Crippen MR) is 131 cm³/mol. The van der Waals surface area contributed by atoms with Crippen LogP contribution in [0.15, 0.2) is 72.8 Å². The molecule has 1 amide bonds. The van der Waals surface area contributed by atoms with E-state index in [0.717, 1.165) is 22.5 Å². The number of aryl methyl sites for hydroxylation is 1. The van der Waals surface area contributed by atoms with Gasteiger partial charge in [-0.2, -0.15) is 0 Å². The molecule has 1 aliphatic carbocycles. The number of nitrogens with one attached hydrogen (secondary N) is 1. The number of carboxylic acids is 1. The number of nitrogens with zero attached hydrogens (tertiary/aromatic N) is 1. The van der Waals surface area contributed by atoms with Gasteiger partial charge < -0.3 is 15.2 Å². The number of carboxylic acid groups (broad SMARTS) is 1. The summed E-state index contributed by atoms with van der Waals surface area (Å²) in [6.45, 7) is 2.24. The number of hydrogen-bond acceptors (Lipinski definition) is 5. The highest BCUT2D eigenvalue weighted by Crippen LogP contribution is 2.44. The summed E-state index contributed by atoms with van der Waals surface area (Å²) in [5.74, 6) is -0.965. The molecule has 34 heavy (non-hydrogen) atoms. The quantitative estimate of drug-likeness (QED) is 0.369. The van der Waals surface area contributed by atoms with Gasteiger partial charge >= 0.3 is 12.1 Å². The molecule has 0 atom stereocenters. The Labute approximate surface area is 200 Å². The van der Waals surface area contributed by atoms with E-state index in [1.165, 1.54) is 22.3 Å². The molecule has 0 fully saturated rings. The van der Waals surface area contributed by atoms with Gasteiger partial charge in [0.05, 0.1) is 5.69 Å². The Morgan fingerprint density at radius 2 is 1.68 bits per heavy atom. The molecule has 7 heteroatoms. The molecule has 0 spiro atoms. The van der Waals surface area contributed by atoms with Crippen molar-refractivity contribution < 1.29 is 19.4 Å². The topological polar surface area (TPSA) is 88.5 Å². The Hall–Kier alpha value is -3.97. The first kappa shape index (κ1) is 21.9.